The first-order valence-electron chi connectivity index (χ1n) is 6.72. The van der Waals surface area contributed by atoms with E-state index in [0.717, 1.165) is 30.9 Å². The predicted octanol–water partition coefficient (Wildman–Crippen LogP) is 2.13. The van der Waals surface area contributed by atoms with Crippen molar-refractivity contribution in [3.05, 3.63) is 18.0 Å². The van der Waals surface area contributed by atoms with Gasteiger partial charge < -0.3 is 10.0 Å². The van der Waals surface area contributed by atoms with Gasteiger partial charge in [-0.1, -0.05) is 20.8 Å². The largest absolute Gasteiger partial charge is 0.394 e. The van der Waals surface area contributed by atoms with Gasteiger partial charge in [0, 0.05) is 18.9 Å². The number of hydrogen-bond acceptors (Lipinski definition) is 4. The lowest BCUT2D eigenvalue weighted by Crippen LogP contribution is -2.42. The quantitative estimate of drug-likeness (QED) is 0.872. The van der Waals surface area contributed by atoms with E-state index < -0.39 is 0 Å². The molecule has 0 amide bonds. The molecule has 4 nitrogen and oxygen atoms in total. The van der Waals surface area contributed by atoms with Gasteiger partial charge in [0.25, 0.3) is 0 Å². The zero-order valence-electron chi connectivity index (χ0n) is 11.6. The van der Waals surface area contributed by atoms with Crippen LogP contribution in [0.2, 0.25) is 0 Å². The van der Waals surface area contributed by atoms with Gasteiger partial charge in [-0.2, -0.15) is 0 Å². The van der Waals surface area contributed by atoms with E-state index in [1.165, 1.54) is 6.42 Å². The maximum Gasteiger partial charge on any atom is 0.225 e. The third-order valence-corrected chi connectivity index (χ3v) is 3.60. The second-order valence-electron chi connectivity index (χ2n) is 6.05. The van der Waals surface area contributed by atoms with Gasteiger partial charge in [-0.15, -0.1) is 0 Å². The molecule has 0 radical (unpaired) electrons. The van der Waals surface area contributed by atoms with Crippen LogP contribution in [0, 0.1) is 0 Å². The summed E-state index contributed by atoms with van der Waals surface area (Å²) >= 11 is 0. The lowest BCUT2D eigenvalue weighted by Gasteiger charge is -2.34. The molecule has 0 aromatic carbocycles. The summed E-state index contributed by atoms with van der Waals surface area (Å²) in [7, 11) is 0. The average molecular weight is 249 g/mol. The van der Waals surface area contributed by atoms with Crippen LogP contribution in [0.15, 0.2) is 12.4 Å². The van der Waals surface area contributed by atoms with Crippen LogP contribution in [0.3, 0.4) is 0 Å². The zero-order chi connectivity index (χ0) is 13.2. The number of rotatable bonds is 2. The number of nitrogens with zero attached hydrogens (tertiary/aromatic N) is 3. The Labute approximate surface area is 109 Å². The van der Waals surface area contributed by atoms with Crippen molar-refractivity contribution < 1.29 is 5.11 Å². The van der Waals surface area contributed by atoms with E-state index in [9.17, 15) is 5.11 Å². The maximum atomic E-state index is 9.41. The van der Waals surface area contributed by atoms with Crippen LogP contribution in [0.25, 0.3) is 0 Å². The minimum Gasteiger partial charge on any atom is -0.394 e. The molecular formula is C14H23N3O. The summed E-state index contributed by atoms with van der Waals surface area (Å²) < 4.78 is 0. The Kier molecular flexibility index (Phi) is 3.85. The van der Waals surface area contributed by atoms with E-state index in [0.29, 0.717) is 0 Å². The number of piperidine rings is 1. The minimum atomic E-state index is 0.0802. The third-order valence-electron chi connectivity index (χ3n) is 3.60. The van der Waals surface area contributed by atoms with Gasteiger partial charge in [-0.25, -0.2) is 9.97 Å². The fourth-order valence-electron chi connectivity index (χ4n) is 2.31. The van der Waals surface area contributed by atoms with Gasteiger partial charge in [0.05, 0.1) is 12.6 Å². The number of anilines is 1. The molecule has 0 saturated carbocycles. The van der Waals surface area contributed by atoms with Crippen LogP contribution in [-0.2, 0) is 5.41 Å². The molecule has 1 aliphatic rings. The summed E-state index contributed by atoms with van der Waals surface area (Å²) in [5, 5.41) is 9.41. The standard InChI is InChI=1S/C14H23N3O/c1-14(2,3)11-8-15-13(16-9-11)17-7-5-4-6-12(17)10-18/h8-9,12,18H,4-7,10H2,1-3H3. The van der Waals surface area contributed by atoms with Crippen molar-refractivity contribution in [3.63, 3.8) is 0 Å². The molecule has 2 heterocycles. The predicted molar refractivity (Wildman–Crippen MR) is 72.8 cm³/mol. The molecule has 1 aliphatic heterocycles. The second-order valence-corrected chi connectivity index (χ2v) is 6.05. The Morgan fingerprint density at radius 3 is 2.50 bits per heavy atom. The van der Waals surface area contributed by atoms with E-state index >= 15 is 0 Å². The fraction of sp³-hybridized carbons (Fsp3) is 0.714. The molecule has 1 atom stereocenters. The molecule has 2 rings (SSSR count). The topological polar surface area (TPSA) is 49.2 Å². The van der Waals surface area contributed by atoms with Gasteiger partial charge in [-0.05, 0) is 30.2 Å². The van der Waals surface area contributed by atoms with Crippen LogP contribution in [0.1, 0.15) is 45.6 Å². The number of aliphatic hydroxyl groups is 1. The van der Waals surface area contributed by atoms with Crippen LogP contribution in [0.5, 0.6) is 0 Å². The first-order chi connectivity index (χ1) is 8.52. The molecule has 1 saturated heterocycles. The first-order valence-corrected chi connectivity index (χ1v) is 6.72. The molecular weight excluding hydrogens is 226 g/mol. The van der Waals surface area contributed by atoms with Crippen LogP contribution in [0.4, 0.5) is 5.95 Å². The van der Waals surface area contributed by atoms with Gasteiger partial charge in [0.2, 0.25) is 5.95 Å². The van der Waals surface area contributed by atoms with Crippen LogP contribution >= 0.6 is 0 Å². The highest BCUT2D eigenvalue weighted by Gasteiger charge is 2.24. The highest BCUT2D eigenvalue weighted by Crippen LogP contribution is 2.24. The lowest BCUT2D eigenvalue weighted by atomic mass is 9.89. The molecule has 18 heavy (non-hydrogen) atoms. The smallest absolute Gasteiger partial charge is 0.225 e. The lowest BCUT2D eigenvalue weighted by molar-refractivity contribution is 0.238. The Morgan fingerprint density at radius 2 is 1.94 bits per heavy atom. The fourth-order valence-corrected chi connectivity index (χ4v) is 2.31. The Morgan fingerprint density at radius 1 is 1.28 bits per heavy atom. The summed E-state index contributed by atoms with van der Waals surface area (Å²) in [6, 6.07) is 0.180. The summed E-state index contributed by atoms with van der Waals surface area (Å²) in [5.41, 5.74) is 1.22. The van der Waals surface area contributed by atoms with Gasteiger partial charge >= 0.3 is 0 Å². The van der Waals surface area contributed by atoms with Crippen molar-refractivity contribution in [2.24, 2.45) is 0 Å². The molecule has 1 N–H and O–H groups in total. The first kappa shape index (κ1) is 13.3. The van der Waals surface area contributed by atoms with E-state index in [2.05, 4.69) is 35.6 Å². The van der Waals surface area contributed by atoms with Crippen molar-refractivity contribution in [2.45, 2.75) is 51.5 Å². The molecule has 1 unspecified atom stereocenters. The van der Waals surface area contributed by atoms with Gasteiger partial charge in [-0.3, -0.25) is 0 Å². The van der Waals surface area contributed by atoms with Crippen molar-refractivity contribution in [1.82, 2.24) is 9.97 Å². The van der Waals surface area contributed by atoms with Gasteiger partial charge in [0.1, 0.15) is 0 Å². The van der Waals surface area contributed by atoms with E-state index in [1.54, 1.807) is 0 Å². The van der Waals surface area contributed by atoms with Crippen molar-refractivity contribution >= 4 is 5.95 Å². The average Bonchev–Trinajstić information content (AvgIpc) is 2.38. The van der Waals surface area contributed by atoms with Crippen LogP contribution < -0.4 is 4.90 Å². The third kappa shape index (κ3) is 2.80. The molecule has 0 aliphatic carbocycles. The Hall–Kier alpha value is -1.16. The molecule has 0 spiro atoms. The highest BCUT2D eigenvalue weighted by molar-refractivity contribution is 5.33. The molecule has 4 heteroatoms. The van der Waals surface area contributed by atoms with E-state index in [4.69, 9.17) is 0 Å². The highest BCUT2D eigenvalue weighted by atomic mass is 16.3. The van der Waals surface area contributed by atoms with E-state index in [-0.39, 0.29) is 18.1 Å². The Balaban J connectivity index is 2.18. The summed E-state index contributed by atoms with van der Waals surface area (Å²) in [6.45, 7) is 7.60. The SMILES string of the molecule is CC(C)(C)c1cnc(N2CCCCC2CO)nc1. The number of aromatic nitrogens is 2. The zero-order valence-corrected chi connectivity index (χ0v) is 11.6. The monoisotopic (exact) mass is 249 g/mol. The number of hydrogen-bond donors (Lipinski definition) is 1. The summed E-state index contributed by atoms with van der Waals surface area (Å²) in [5.74, 6) is 0.752. The van der Waals surface area contributed by atoms with Crippen molar-refractivity contribution in [2.75, 3.05) is 18.1 Å². The van der Waals surface area contributed by atoms with E-state index in [1.807, 2.05) is 12.4 Å². The van der Waals surface area contributed by atoms with Gasteiger partial charge in [0.15, 0.2) is 0 Å². The molecule has 100 valence electrons. The molecule has 1 aromatic rings. The minimum absolute atomic E-state index is 0.0802. The number of aliphatic hydroxyl groups excluding tert-OH is 1. The second kappa shape index (κ2) is 5.22. The maximum absolute atomic E-state index is 9.41. The Bertz CT molecular complexity index is 383. The summed E-state index contributed by atoms with van der Waals surface area (Å²) in [6.07, 6.45) is 7.18. The van der Waals surface area contributed by atoms with Crippen molar-refractivity contribution in [3.8, 4) is 0 Å². The summed E-state index contributed by atoms with van der Waals surface area (Å²) in [4.78, 5) is 11.1. The molecule has 1 aromatic heterocycles. The normalized spacial score (nSPS) is 21.1. The van der Waals surface area contributed by atoms with Crippen LogP contribution in [-0.4, -0.2) is 34.3 Å². The molecule has 1 fully saturated rings. The molecule has 0 bridgehead atoms. The van der Waals surface area contributed by atoms with Crippen molar-refractivity contribution in [1.29, 1.82) is 0 Å².